The molecule has 0 saturated heterocycles. The molecular weight excluding hydrogens is 431 g/mol. The molecule has 0 fully saturated rings. The lowest BCUT2D eigenvalue weighted by molar-refractivity contribution is -0.155. The molecule has 0 saturated carbocycles. The third kappa shape index (κ3) is 8.89. The lowest BCUT2D eigenvalue weighted by Crippen LogP contribution is -2.52. The zero-order valence-electron chi connectivity index (χ0n) is 18.6. The molecule has 0 radical (unpaired) electrons. The average Bonchev–Trinajstić information content (AvgIpc) is 2.76. The minimum absolute atomic E-state index is 0.0187. The van der Waals surface area contributed by atoms with E-state index in [1.165, 1.54) is 23.1 Å². The van der Waals surface area contributed by atoms with Gasteiger partial charge in [0, 0.05) is 13.0 Å². The quantitative estimate of drug-likeness (QED) is 0.444. The third-order valence-electron chi connectivity index (χ3n) is 4.69. The lowest BCUT2D eigenvalue weighted by atomic mass is 10.1. The third-order valence-corrected chi connectivity index (χ3v) is 4.69. The van der Waals surface area contributed by atoms with Gasteiger partial charge in [-0.25, -0.2) is 18.8 Å². The summed E-state index contributed by atoms with van der Waals surface area (Å²) in [6, 6.07) is 12.3. The predicted molar refractivity (Wildman–Crippen MR) is 119 cm³/mol. The zero-order valence-corrected chi connectivity index (χ0v) is 18.6. The van der Waals surface area contributed by atoms with Crippen molar-refractivity contribution in [2.45, 2.75) is 39.0 Å². The van der Waals surface area contributed by atoms with Crippen LogP contribution >= 0.6 is 0 Å². The molecule has 2 aromatic rings. The molecule has 2 atom stereocenters. The van der Waals surface area contributed by atoms with Crippen molar-refractivity contribution in [3.8, 4) is 0 Å². The van der Waals surface area contributed by atoms with Crippen LogP contribution in [0.15, 0.2) is 54.6 Å². The van der Waals surface area contributed by atoms with Gasteiger partial charge < -0.3 is 25.2 Å². The van der Waals surface area contributed by atoms with Crippen molar-refractivity contribution >= 4 is 18.0 Å². The molecule has 0 aliphatic carbocycles. The number of urea groups is 1. The van der Waals surface area contributed by atoms with Crippen molar-refractivity contribution in [2.24, 2.45) is 5.92 Å². The summed E-state index contributed by atoms with van der Waals surface area (Å²) in [6.45, 7) is 3.44. The van der Waals surface area contributed by atoms with Crippen molar-refractivity contribution in [2.75, 3.05) is 13.1 Å². The number of carbonyl (C=O) groups is 3. The Morgan fingerprint density at radius 1 is 1.03 bits per heavy atom. The predicted octanol–water partition coefficient (Wildman–Crippen LogP) is 2.59. The topological polar surface area (TPSA) is 116 Å². The number of nitrogens with one attached hydrogen (secondary N) is 1. The standard InChI is InChI=1S/C24H29FN2O6/c1-16(2)13-27(14-21(28)23(31)33-15-17-7-4-3-5-8-17)24(32)26-20(22(29)30)12-18-9-6-10-19(25)11-18/h3-11,16,20-21,28H,12-15H2,1-2H3,(H,26,32)(H,29,30)/t20-,21?/m0/s1. The molecular formula is C24H29FN2O6. The van der Waals surface area contributed by atoms with Gasteiger partial charge in [-0.2, -0.15) is 0 Å². The van der Waals surface area contributed by atoms with Gasteiger partial charge >= 0.3 is 18.0 Å². The Balaban J connectivity index is 2.01. The highest BCUT2D eigenvalue weighted by Crippen LogP contribution is 2.09. The maximum Gasteiger partial charge on any atom is 0.337 e. The molecule has 9 heteroatoms. The van der Waals surface area contributed by atoms with E-state index in [9.17, 15) is 29.0 Å². The van der Waals surface area contributed by atoms with Crippen LogP contribution in [0.2, 0.25) is 0 Å². The number of carbonyl (C=O) groups excluding carboxylic acids is 2. The summed E-state index contributed by atoms with van der Waals surface area (Å²) in [5, 5.41) is 22.2. The Labute approximate surface area is 192 Å². The van der Waals surface area contributed by atoms with E-state index < -0.39 is 35.9 Å². The van der Waals surface area contributed by atoms with E-state index in [4.69, 9.17) is 4.74 Å². The fourth-order valence-electron chi connectivity index (χ4n) is 3.13. The van der Waals surface area contributed by atoms with Crippen LogP contribution in [0.25, 0.3) is 0 Å². The van der Waals surface area contributed by atoms with Gasteiger partial charge in [0.15, 0.2) is 6.10 Å². The van der Waals surface area contributed by atoms with Gasteiger partial charge in [0.1, 0.15) is 18.5 Å². The van der Waals surface area contributed by atoms with E-state index in [1.807, 2.05) is 19.9 Å². The monoisotopic (exact) mass is 460 g/mol. The average molecular weight is 461 g/mol. The number of hydrogen-bond donors (Lipinski definition) is 3. The van der Waals surface area contributed by atoms with Crippen molar-refractivity contribution in [1.82, 2.24) is 10.2 Å². The molecule has 0 aliphatic heterocycles. The highest BCUT2D eigenvalue weighted by atomic mass is 19.1. The van der Waals surface area contributed by atoms with E-state index in [2.05, 4.69) is 5.32 Å². The largest absolute Gasteiger partial charge is 0.480 e. The smallest absolute Gasteiger partial charge is 0.337 e. The van der Waals surface area contributed by atoms with Crippen molar-refractivity contribution in [3.05, 3.63) is 71.5 Å². The van der Waals surface area contributed by atoms with Crippen molar-refractivity contribution < 1.29 is 33.7 Å². The molecule has 2 aromatic carbocycles. The first-order valence-corrected chi connectivity index (χ1v) is 10.6. The lowest BCUT2D eigenvalue weighted by Gasteiger charge is -2.28. The van der Waals surface area contributed by atoms with E-state index in [1.54, 1.807) is 30.3 Å². The van der Waals surface area contributed by atoms with Gasteiger partial charge in [0.05, 0.1) is 6.54 Å². The number of aliphatic hydroxyl groups is 1. The molecule has 0 aliphatic rings. The van der Waals surface area contributed by atoms with Gasteiger partial charge in [0.2, 0.25) is 0 Å². The van der Waals surface area contributed by atoms with Gasteiger partial charge in [-0.3, -0.25) is 0 Å². The summed E-state index contributed by atoms with van der Waals surface area (Å²) in [7, 11) is 0. The maximum absolute atomic E-state index is 13.4. The molecule has 1 unspecified atom stereocenters. The molecule has 178 valence electrons. The van der Waals surface area contributed by atoms with Crippen LogP contribution in [0.3, 0.4) is 0 Å². The van der Waals surface area contributed by atoms with Gasteiger partial charge in [0.25, 0.3) is 0 Å². The second kappa shape index (κ2) is 12.5. The summed E-state index contributed by atoms with van der Waals surface area (Å²) >= 11 is 0. The minimum atomic E-state index is -1.61. The van der Waals surface area contributed by atoms with Crippen LogP contribution in [-0.4, -0.2) is 58.3 Å². The zero-order chi connectivity index (χ0) is 24.4. The summed E-state index contributed by atoms with van der Waals surface area (Å²) in [4.78, 5) is 37.8. The number of amides is 2. The van der Waals surface area contributed by atoms with Crippen LogP contribution in [0.4, 0.5) is 9.18 Å². The normalized spacial score (nSPS) is 12.6. The maximum atomic E-state index is 13.4. The molecule has 0 aromatic heterocycles. The number of ether oxygens (including phenoxy) is 1. The van der Waals surface area contributed by atoms with Gasteiger partial charge in [-0.15, -0.1) is 0 Å². The number of halogens is 1. The molecule has 2 rings (SSSR count). The Bertz CT molecular complexity index is 938. The fraction of sp³-hybridized carbons (Fsp3) is 0.375. The SMILES string of the molecule is CC(C)CN(CC(O)C(=O)OCc1ccccc1)C(=O)N[C@@H](Cc1cccc(F)c1)C(=O)O. The van der Waals surface area contributed by atoms with Crippen LogP contribution < -0.4 is 5.32 Å². The number of benzene rings is 2. The second-order valence-corrected chi connectivity index (χ2v) is 8.08. The van der Waals surface area contributed by atoms with E-state index >= 15 is 0 Å². The first-order chi connectivity index (χ1) is 15.7. The Kier molecular flexibility index (Phi) is 9.81. The molecule has 8 nitrogen and oxygen atoms in total. The summed E-state index contributed by atoms with van der Waals surface area (Å²) < 4.78 is 18.5. The number of nitrogens with zero attached hydrogens (tertiary/aromatic N) is 1. The van der Waals surface area contributed by atoms with Crippen molar-refractivity contribution in [3.63, 3.8) is 0 Å². The summed E-state index contributed by atoms with van der Waals surface area (Å²) in [6.07, 6.45) is -1.74. The fourth-order valence-corrected chi connectivity index (χ4v) is 3.13. The Morgan fingerprint density at radius 2 is 1.70 bits per heavy atom. The van der Waals surface area contributed by atoms with Crippen molar-refractivity contribution in [1.29, 1.82) is 0 Å². The second-order valence-electron chi connectivity index (χ2n) is 8.08. The Hall–Kier alpha value is -3.46. The first-order valence-electron chi connectivity index (χ1n) is 10.6. The number of hydrogen-bond acceptors (Lipinski definition) is 5. The van der Waals surface area contributed by atoms with Crippen LogP contribution in [0, 0.1) is 11.7 Å². The van der Waals surface area contributed by atoms with Crippen LogP contribution in [0.1, 0.15) is 25.0 Å². The molecule has 33 heavy (non-hydrogen) atoms. The highest BCUT2D eigenvalue weighted by molar-refractivity contribution is 5.83. The molecule has 3 N–H and O–H groups in total. The Morgan fingerprint density at radius 3 is 2.30 bits per heavy atom. The highest BCUT2D eigenvalue weighted by Gasteiger charge is 2.28. The van der Waals surface area contributed by atoms with E-state index in [0.29, 0.717) is 5.56 Å². The minimum Gasteiger partial charge on any atom is -0.480 e. The molecule has 0 heterocycles. The number of rotatable bonds is 11. The summed E-state index contributed by atoms with van der Waals surface area (Å²) in [5.41, 5.74) is 1.15. The number of esters is 1. The number of aliphatic carboxylic acids is 1. The van der Waals surface area contributed by atoms with Crippen LogP contribution in [0.5, 0.6) is 0 Å². The first kappa shape index (κ1) is 25.8. The van der Waals surface area contributed by atoms with E-state index in [-0.39, 0.29) is 32.0 Å². The number of carboxylic acids is 1. The molecule has 0 spiro atoms. The molecule has 2 amide bonds. The van der Waals surface area contributed by atoms with Gasteiger partial charge in [-0.05, 0) is 29.2 Å². The number of carboxylic acid groups (broad SMARTS) is 1. The van der Waals surface area contributed by atoms with E-state index in [0.717, 1.165) is 5.56 Å². The van der Waals surface area contributed by atoms with Gasteiger partial charge in [-0.1, -0.05) is 56.3 Å². The molecule has 0 bridgehead atoms. The van der Waals surface area contributed by atoms with Crippen LogP contribution in [-0.2, 0) is 27.4 Å². The summed E-state index contributed by atoms with van der Waals surface area (Å²) in [5.74, 6) is -2.72. The number of aliphatic hydroxyl groups excluding tert-OH is 1.